The van der Waals surface area contributed by atoms with E-state index in [0.717, 1.165) is 6.42 Å². The van der Waals surface area contributed by atoms with Crippen molar-refractivity contribution in [1.82, 2.24) is 0 Å². The number of aldehydes is 1. The number of carbonyl (C=O) groups excluding carboxylic acids is 2. The molecule has 0 amide bonds. The number of ketones is 1. The highest BCUT2D eigenvalue weighted by molar-refractivity contribution is 7.87. The third-order valence-electron chi connectivity index (χ3n) is 2.14. The first-order valence-electron chi connectivity index (χ1n) is 4.02. The molecular formula is C8H12O3S. The highest BCUT2D eigenvalue weighted by Gasteiger charge is 2.31. The van der Waals surface area contributed by atoms with E-state index in [9.17, 15) is 13.8 Å². The predicted molar refractivity (Wildman–Crippen MR) is 46.3 cm³/mol. The number of Topliss-reactive ketones (excluding diaryl/α,β-unsaturated/α-hetero) is 1. The van der Waals surface area contributed by atoms with Crippen molar-refractivity contribution in [3.8, 4) is 0 Å². The number of hydrogen-bond acceptors (Lipinski definition) is 3. The second kappa shape index (κ2) is 3.94. The monoisotopic (exact) mass is 188 g/mol. The summed E-state index contributed by atoms with van der Waals surface area (Å²) in [6.45, 7) is 1.44. The lowest BCUT2D eigenvalue weighted by molar-refractivity contribution is -0.116. The van der Waals surface area contributed by atoms with Gasteiger partial charge in [0.2, 0.25) is 0 Å². The largest absolute Gasteiger partial charge is 0.302 e. The maximum atomic E-state index is 11.5. The Kier molecular flexibility index (Phi) is 3.14. The van der Waals surface area contributed by atoms with Crippen LogP contribution in [0.4, 0.5) is 0 Å². The van der Waals surface area contributed by atoms with Crippen LogP contribution in [0.5, 0.6) is 0 Å². The van der Waals surface area contributed by atoms with E-state index >= 15 is 0 Å². The average molecular weight is 188 g/mol. The molecule has 0 spiro atoms. The SMILES string of the molecule is CC(=O)C1CCCC(C=O)S1=O. The van der Waals surface area contributed by atoms with Gasteiger partial charge in [0.05, 0.1) is 10.5 Å². The van der Waals surface area contributed by atoms with Gasteiger partial charge in [0.1, 0.15) is 12.1 Å². The number of hydrogen-bond donors (Lipinski definition) is 0. The first-order valence-corrected chi connectivity index (χ1v) is 5.29. The summed E-state index contributed by atoms with van der Waals surface area (Å²) in [6.07, 6.45) is 2.89. The molecule has 1 rings (SSSR count). The molecule has 0 aliphatic carbocycles. The molecule has 1 aliphatic rings. The summed E-state index contributed by atoms with van der Waals surface area (Å²) in [5.41, 5.74) is 0. The van der Waals surface area contributed by atoms with Crippen molar-refractivity contribution in [3.05, 3.63) is 0 Å². The molecule has 3 unspecified atom stereocenters. The Morgan fingerprint density at radius 1 is 1.50 bits per heavy atom. The van der Waals surface area contributed by atoms with Crippen LogP contribution in [-0.4, -0.2) is 26.8 Å². The van der Waals surface area contributed by atoms with E-state index in [0.29, 0.717) is 19.1 Å². The number of carbonyl (C=O) groups is 2. The molecule has 3 atom stereocenters. The van der Waals surface area contributed by atoms with Gasteiger partial charge < -0.3 is 4.79 Å². The molecule has 0 aromatic rings. The summed E-state index contributed by atoms with van der Waals surface area (Å²) in [6, 6.07) is 0. The lowest BCUT2D eigenvalue weighted by atomic mass is 10.1. The summed E-state index contributed by atoms with van der Waals surface area (Å²) in [4.78, 5) is 21.4. The Bertz CT molecular complexity index is 224. The van der Waals surface area contributed by atoms with Gasteiger partial charge in [0, 0.05) is 10.8 Å². The van der Waals surface area contributed by atoms with Crippen LogP contribution in [0.15, 0.2) is 0 Å². The van der Waals surface area contributed by atoms with Crippen LogP contribution in [0, 0.1) is 0 Å². The van der Waals surface area contributed by atoms with Gasteiger partial charge in [-0.25, -0.2) is 0 Å². The molecular weight excluding hydrogens is 176 g/mol. The lowest BCUT2D eigenvalue weighted by Crippen LogP contribution is -2.36. The van der Waals surface area contributed by atoms with E-state index in [1.165, 1.54) is 6.92 Å². The van der Waals surface area contributed by atoms with Crippen LogP contribution in [0.25, 0.3) is 0 Å². The van der Waals surface area contributed by atoms with E-state index in [1.807, 2.05) is 0 Å². The van der Waals surface area contributed by atoms with E-state index in [2.05, 4.69) is 0 Å². The minimum absolute atomic E-state index is 0.0557. The molecule has 1 heterocycles. The smallest absolute Gasteiger partial charge is 0.145 e. The molecule has 0 aromatic carbocycles. The Morgan fingerprint density at radius 3 is 2.67 bits per heavy atom. The minimum Gasteiger partial charge on any atom is -0.302 e. The zero-order valence-electron chi connectivity index (χ0n) is 6.99. The van der Waals surface area contributed by atoms with Gasteiger partial charge >= 0.3 is 0 Å². The highest BCUT2D eigenvalue weighted by Crippen LogP contribution is 2.21. The molecule has 12 heavy (non-hydrogen) atoms. The van der Waals surface area contributed by atoms with E-state index in [4.69, 9.17) is 0 Å². The Balaban J connectivity index is 2.72. The minimum atomic E-state index is -1.26. The van der Waals surface area contributed by atoms with Gasteiger partial charge in [-0.2, -0.15) is 0 Å². The predicted octanol–water partition coefficient (Wildman–Crippen LogP) is 0.444. The Hall–Kier alpha value is -0.510. The molecule has 1 saturated heterocycles. The molecule has 68 valence electrons. The maximum absolute atomic E-state index is 11.5. The van der Waals surface area contributed by atoms with Crippen molar-refractivity contribution in [2.24, 2.45) is 0 Å². The quantitative estimate of drug-likeness (QED) is 0.591. The summed E-state index contributed by atoms with van der Waals surface area (Å²) >= 11 is 0. The molecule has 0 bridgehead atoms. The molecule has 0 aromatic heterocycles. The van der Waals surface area contributed by atoms with E-state index in [-0.39, 0.29) is 5.78 Å². The van der Waals surface area contributed by atoms with Crippen molar-refractivity contribution >= 4 is 22.9 Å². The van der Waals surface area contributed by atoms with E-state index < -0.39 is 21.3 Å². The third kappa shape index (κ3) is 1.80. The van der Waals surface area contributed by atoms with Gasteiger partial charge in [-0.15, -0.1) is 0 Å². The normalized spacial score (nSPS) is 35.9. The van der Waals surface area contributed by atoms with Gasteiger partial charge in [-0.3, -0.25) is 9.00 Å². The van der Waals surface area contributed by atoms with Crippen molar-refractivity contribution in [2.45, 2.75) is 36.7 Å². The van der Waals surface area contributed by atoms with Gasteiger partial charge in [-0.1, -0.05) is 6.42 Å². The number of rotatable bonds is 2. The molecule has 4 heteroatoms. The lowest BCUT2D eigenvalue weighted by Gasteiger charge is -2.22. The Morgan fingerprint density at radius 2 is 2.17 bits per heavy atom. The second-order valence-electron chi connectivity index (χ2n) is 3.03. The van der Waals surface area contributed by atoms with Crippen LogP contribution < -0.4 is 0 Å². The average Bonchev–Trinajstić information content (AvgIpc) is 2.04. The molecule has 3 nitrogen and oxygen atoms in total. The van der Waals surface area contributed by atoms with Crippen molar-refractivity contribution in [1.29, 1.82) is 0 Å². The molecule has 1 aliphatic heterocycles. The fourth-order valence-corrected chi connectivity index (χ4v) is 3.09. The van der Waals surface area contributed by atoms with Gasteiger partial charge in [-0.05, 0) is 19.8 Å². The van der Waals surface area contributed by atoms with Crippen molar-refractivity contribution in [3.63, 3.8) is 0 Å². The first kappa shape index (κ1) is 9.58. The molecule has 1 fully saturated rings. The summed E-state index contributed by atoms with van der Waals surface area (Å²) in [7, 11) is -1.26. The zero-order valence-corrected chi connectivity index (χ0v) is 7.80. The molecule has 0 radical (unpaired) electrons. The molecule has 0 N–H and O–H groups in total. The summed E-state index contributed by atoms with van der Waals surface area (Å²) in [5, 5.41) is -0.804. The van der Waals surface area contributed by atoms with Crippen molar-refractivity contribution in [2.75, 3.05) is 0 Å². The third-order valence-corrected chi connectivity index (χ3v) is 4.21. The van der Waals surface area contributed by atoms with Crippen LogP contribution in [0.1, 0.15) is 26.2 Å². The van der Waals surface area contributed by atoms with Crippen LogP contribution in [0.3, 0.4) is 0 Å². The zero-order chi connectivity index (χ0) is 9.14. The van der Waals surface area contributed by atoms with Gasteiger partial charge in [0.25, 0.3) is 0 Å². The first-order chi connectivity index (χ1) is 5.66. The second-order valence-corrected chi connectivity index (χ2v) is 4.86. The van der Waals surface area contributed by atoms with Crippen LogP contribution in [0.2, 0.25) is 0 Å². The highest BCUT2D eigenvalue weighted by atomic mass is 32.2. The molecule has 0 saturated carbocycles. The van der Waals surface area contributed by atoms with E-state index in [1.54, 1.807) is 0 Å². The fourth-order valence-electron chi connectivity index (χ4n) is 1.44. The van der Waals surface area contributed by atoms with Crippen molar-refractivity contribution < 1.29 is 13.8 Å². The standard InChI is InChI=1S/C8H12O3S/c1-6(10)8-4-2-3-7(5-9)12(8)11/h5,7-8H,2-4H2,1H3. The summed E-state index contributed by atoms with van der Waals surface area (Å²) < 4.78 is 11.5. The fraction of sp³-hybridized carbons (Fsp3) is 0.750. The topological polar surface area (TPSA) is 51.2 Å². The Labute approximate surface area is 74.0 Å². The summed E-state index contributed by atoms with van der Waals surface area (Å²) in [5.74, 6) is -0.0557. The van der Waals surface area contributed by atoms with Crippen LogP contribution >= 0.6 is 0 Å². The van der Waals surface area contributed by atoms with Gasteiger partial charge in [0.15, 0.2) is 0 Å². The maximum Gasteiger partial charge on any atom is 0.145 e. The van der Waals surface area contributed by atoms with Crippen LogP contribution in [-0.2, 0) is 20.4 Å².